The summed E-state index contributed by atoms with van der Waals surface area (Å²) in [4.78, 5) is 0. The molecule has 2 unspecified atom stereocenters. The predicted octanol–water partition coefficient (Wildman–Crippen LogP) is 7.17. The van der Waals surface area contributed by atoms with Crippen LogP contribution in [0.4, 0.5) is 0 Å². The van der Waals surface area contributed by atoms with Crippen LogP contribution in [0, 0.1) is 0 Å². The highest BCUT2D eigenvalue weighted by Gasteiger charge is 2.34. The molecule has 6 rings (SSSR count). The van der Waals surface area contributed by atoms with Gasteiger partial charge in [-0.1, -0.05) is 91.0 Å². The van der Waals surface area contributed by atoms with E-state index in [1.165, 1.54) is 19.2 Å². The third kappa shape index (κ3) is 6.74. The van der Waals surface area contributed by atoms with Gasteiger partial charge in [-0.15, -0.1) is 0 Å². The van der Waals surface area contributed by atoms with E-state index in [9.17, 15) is 10.2 Å². The van der Waals surface area contributed by atoms with Gasteiger partial charge in [-0.25, -0.2) is 0 Å². The molecule has 0 aliphatic carbocycles. The second-order valence-corrected chi connectivity index (χ2v) is 10.6. The minimum absolute atomic E-state index is 0.0131. The number of methoxy groups -OCH3 is 1. The van der Waals surface area contributed by atoms with Gasteiger partial charge in [-0.05, 0) is 28.8 Å². The van der Waals surface area contributed by atoms with Crippen LogP contribution in [0.2, 0.25) is 0 Å². The predicted molar refractivity (Wildman–Crippen MR) is 167 cm³/mol. The van der Waals surface area contributed by atoms with Crippen molar-refractivity contribution < 1.29 is 33.9 Å². The SMILES string of the molecule is COc1cc(O)cc2c1CC(O)C(c1cc(OCc3ccccc3)c(OCc3ccccc3)c(OCc3ccccc3)c1)O2. The van der Waals surface area contributed by atoms with Crippen molar-refractivity contribution in [3.8, 4) is 34.5 Å². The number of phenols is 1. The molecule has 0 bridgehead atoms. The number of hydrogen-bond acceptors (Lipinski definition) is 7. The Morgan fingerprint density at radius 2 is 1.16 bits per heavy atom. The smallest absolute Gasteiger partial charge is 0.203 e. The first-order chi connectivity index (χ1) is 21.6. The first kappa shape index (κ1) is 29.0. The molecule has 224 valence electrons. The van der Waals surface area contributed by atoms with E-state index in [0.717, 1.165) is 16.7 Å². The zero-order valence-corrected chi connectivity index (χ0v) is 24.4. The van der Waals surface area contributed by atoms with Gasteiger partial charge in [0.05, 0.1) is 13.2 Å². The number of ether oxygens (including phenoxy) is 5. The summed E-state index contributed by atoms with van der Waals surface area (Å²) in [5.41, 5.74) is 4.31. The number of rotatable bonds is 11. The summed E-state index contributed by atoms with van der Waals surface area (Å²) in [6, 6.07) is 36.3. The molecule has 2 atom stereocenters. The summed E-state index contributed by atoms with van der Waals surface area (Å²) < 4.78 is 30.9. The van der Waals surface area contributed by atoms with Crippen molar-refractivity contribution >= 4 is 0 Å². The number of aromatic hydroxyl groups is 1. The van der Waals surface area contributed by atoms with Gasteiger partial charge in [0, 0.05) is 29.7 Å². The van der Waals surface area contributed by atoms with Gasteiger partial charge in [0.1, 0.15) is 37.1 Å². The Morgan fingerprint density at radius 3 is 1.66 bits per heavy atom. The third-order valence-corrected chi connectivity index (χ3v) is 7.46. The monoisotopic (exact) mass is 590 g/mol. The molecule has 7 nitrogen and oxygen atoms in total. The largest absolute Gasteiger partial charge is 0.508 e. The molecule has 1 aliphatic heterocycles. The van der Waals surface area contributed by atoms with E-state index in [1.807, 2.05) is 103 Å². The highest BCUT2D eigenvalue weighted by molar-refractivity contribution is 5.56. The minimum Gasteiger partial charge on any atom is -0.508 e. The highest BCUT2D eigenvalue weighted by Crippen LogP contribution is 2.46. The fraction of sp³-hybridized carbons (Fsp3) is 0.189. The Bertz CT molecular complexity index is 1610. The second kappa shape index (κ2) is 13.4. The summed E-state index contributed by atoms with van der Waals surface area (Å²) in [5.74, 6) is 2.29. The zero-order valence-electron chi connectivity index (χ0n) is 24.4. The molecule has 0 fully saturated rings. The van der Waals surface area contributed by atoms with Crippen LogP contribution in [0.3, 0.4) is 0 Å². The molecule has 1 heterocycles. The molecular weight excluding hydrogens is 556 g/mol. The summed E-state index contributed by atoms with van der Waals surface area (Å²) in [6.07, 6.45) is -1.40. The molecule has 0 amide bonds. The van der Waals surface area contributed by atoms with Gasteiger partial charge in [0.25, 0.3) is 0 Å². The van der Waals surface area contributed by atoms with Crippen molar-refractivity contribution in [2.24, 2.45) is 0 Å². The molecule has 0 spiro atoms. The molecule has 5 aromatic rings. The first-order valence-corrected chi connectivity index (χ1v) is 14.5. The summed E-state index contributed by atoms with van der Waals surface area (Å²) in [5, 5.41) is 21.6. The maximum atomic E-state index is 11.3. The quantitative estimate of drug-likeness (QED) is 0.169. The van der Waals surface area contributed by atoms with Crippen LogP contribution >= 0.6 is 0 Å². The first-order valence-electron chi connectivity index (χ1n) is 14.5. The standard InChI is InChI=1S/C37H34O7/c1-40-32-19-29(38)20-33-30(32)21-31(39)36(44-33)28-17-34(41-22-25-11-5-2-6-12-25)37(43-24-27-15-9-4-10-16-27)35(18-28)42-23-26-13-7-3-8-14-26/h2-20,31,36,38-39H,21-24H2,1H3. The Hall–Kier alpha value is -5.14. The van der Waals surface area contributed by atoms with Gasteiger partial charge in [-0.2, -0.15) is 0 Å². The van der Waals surface area contributed by atoms with Crippen LogP contribution in [-0.2, 0) is 26.2 Å². The lowest BCUT2D eigenvalue weighted by molar-refractivity contribution is 0.0194. The minimum atomic E-state index is -0.902. The van der Waals surface area contributed by atoms with Gasteiger partial charge >= 0.3 is 0 Å². The molecule has 0 radical (unpaired) electrons. The lowest BCUT2D eigenvalue weighted by Gasteiger charge is -2.32. The fourth-order valence-electron chi connectivity index (χ4n) is 5.23. The summed E-state index contributed by atoms with van der Waals surface area (Å²) in [6.45, 7) is 0.900. The van der Waals surface area contributed by atoms with E-state index >= 15 is 0 Å². The van der Waals surface area contributed by atoms with Gasteiger partial charge in [-0.3, -0.25) is 0 Å². The zero-order chi connectivity index (χ0) is 30.3. The Kier molecular flexibility index (Phi) is 8.85. The summed E-state index contributed by atoms with van der Waals surface area (Å²) >= 11 is 0. The molecule has 2 N–H and O–H groups in total. The van der Waals surface area contributed by atoms with Crippen molar-refractivity contribution in [1.82, 2.24) is 0 Å². The van der Waals surface area contributed by atoms with Crippen LogP contribution in [0.25, 0.3) is 0 Å². The lowest BCUT2D eigenvalue weighted by Crippen LogP contribution is -2.30. The van der Waals surface area contributed by atoms with E-state index in [2.05, 4.69) is 0 Å². The molecule has 1 aliphatic rings. The van der Waals surface area contributed by atoms with Crippen LogP contribution in [0.5, 0.6) is 34.5 Å². The maximum absolute atomic E-state index is 11.3. The Balaban J connectivity index is 1.39. The van der Waals surface area contributed by atoms with E-state index in [-0.39, 0.29) is 12.2 Å². The number of benzene rings is 5. The van der Waals surface area contributed by atoms with Crippen molar-refractivity contribution in [2.75, 3.05) is 7.11 Å². The molecule has 0 aromatic heterocycles. The van der Waals surface area contributed by atoms with E-state index in [0.29, 0.717) is 59.7 Å². The number of aliphatic hydroxyl groups excluding tert-OH is 1. The molecule has 44 heavy (non-hydrogen) atoms. The molecule has 7 heteroatoms. The van der Waals surface area contributed by atoms with E-state index < -0.39 is 12.2 Å². The topological polar surface area (TPSA) is 86.6 Å². The van der Waals surface area contributed by atoms with Gasteiger partial charge in [0.15, 0.2) is 17.6 Å². The van der Waals surface area contributed by atoms with Crippen LogP contribution < -0.4 is 23.7 Å². The Labute approximate surface area is 256 Å². The van der Waals surface area contributed by atoms with Crippen molar-refractivity contribution in [3.63, 3.8) is 0 Å². The van der Waals surface area contributed by atoms with Crippen LogP contribution in [0.1, 0.15) is 33.9 Å². The van der Waals surface area contributed by atoms with Gasteiger partial charge in [0.2, 0.25) is 5.75 Å². The Morgan fingerprint density at radius 1 is 0.659 bits per heavy atom. The average Bonchev–Trinajstić information content (AvgIpc) is 3.06. The number of fused-ring (bicyclic) bond motifs is 1. The fourth-order valence-corrected chi connectivity index (χ4v) is 5.23. The van der Waals surface area contributed by atoms with Crippen LogP contribution in [0.15, 0.2) is 115 Å². The normalized spacial score (nSPS) is 15.5. The van der Waals surface area contributed by atoms with Crippen molar-refractivity contribution in [3.05, 3.63) is 143 Å². The number of phenolic OH excluding ortho intramolecular Hbond substituents is 1. The molecule has 0 saturated carbocycles. The molecule has 0 saturated heterocycles. The number of aliphatic hydroxyl groups is 1. The van der Waals surface area contributed by atoms with Crippen LogP contribution in [-0.4, -0.2) is 23.4 Å². The van der Waals surface area contributed by atoms with Crippen molar-refractivity contribution in [2.45, 2.75) is 38.4 Å². The maximum Gasteiger partial charge on any atom is 0.203 e. The third-order valence-electron chi connectivity index (χ3n) is 7.46. The van der Waals surface area contributed by atoms with Gasteiger partial charge < -0.3 is 33.9 Å². The number of hydrogen-bond donors (Lipinski definition) is 2. The second-order valence-electron chi connectivity index (χ2n) is 10.6. The highest BCUT2D eigenvalue weighted by atomic mass is 16.5. The van der Waals surface area contributed by atoms with E-state index in [4.69, 9.17) is 23.7 Å². The van der Waals surface area contributed by atoms with Crippen molar-refractivity contribution in [1.29, 1.82) is 0 Å². The average molecular weight is 591 g/mol. The van der Waals surface area contributed by atoms with E-state index in [1.54, 1.807) is 0 Å². The molecule has 5 aromatic carbocycles. The lowest BCUT2D eigenvalue weighted by atomic mass is 9.93. The molecular formula is C37H34O7. The summed E-state index contributed by atoms with van der Waals surface area (Å²) in [7, 11) is 1.52.